The van der Waals surface area contributed by atoms with Crippen molar-refractivity contribution >= 4 is 29.2 Å². The third kappa shape index (κ3) is 4.37. The van der Waals surface area contributed by atoms with Crippen LogP contribution in [0.1, 0.15) is 18.4 Å². The fraction of sp³-hybridized carbons (Fsp3) is 0.400. The average Bonchev–Trinajstić information content (AvgIpc) is 3.07. The van der Waals surface area contributed by atoms with Crippen molar-refractivity contribution in [2.45, 2.75) is 25.3 Å². The molecule has 8 heteroatoms. The van der Waals surface area contributed by atoms with Crippen LogP contribution >= 0.6 is 0 Å². The van der Waals surface area contributed by atoms with Crippen molar-refractivity contribution in [2.24, 2.45) is 0 Å². The van der Waals surface area contributed by atoms with Crippen LogP contribution in [0.3, 0.4) is 0 Å². The van der Waals surface area contributed by atoms with Gasteiger partial charge >= 0.3 is 6.03 Å². The van der Waals surface area contributed by atoms with Crippen LogP contribution in [-0.2, 0) is 9.59 Å². The van der Waals surface area contributed by atoms with Crippen LogP contribution in [0.4, 0.5) is 16.2 Å². The first kappa shape index (κ1) is 22.6. The van der Waals surface area contributed by atoms with Gasteiger partial charge in [0.1, 0.15) is 12.1 Å². The van der Waals surface area contributed by atoms with Crippen molar-refractivity contribution < 1.29 is 14.4 Å². The van der Waals surface area contributed by atoms with Crippen molar-refractivity contribution in [3.8, 4) is 0 Å². The highest BCUT2D eigenvalue weighted by molar-refractivity contribution is 5.97. The number of carbonyl (C=O) groups excluding carboxylic acids is 3. The van der Waals surface area contributed by atoms with Crippen LogP contribution in [0.5, 0.6) is 0 Å². The summed E-state index contributed by atoms with van der Waals surface area (Å²) in [6.07, 6.45) is 1.02. The lowest BCUT2D eigenvalue weighted by molar-refractivity contribution is -0.139. The summed E-state index contributed by atoms with van der Waals surface area (Å²) in [6, 6.07) is 17.3. The molecule has 2 aromatic carbocycles. The number of urea groups is 1. The second kappa shape index (κ2) is 9.13. The molecule has 174 valence electrons. The number of rotatable bonds is 4. The number of amides is 4. The Morgan fingerprint density at radius 2 is 1.64 bits per heavy atom. The van der Waals surface area contributed by atoms with Crippen molar-refractivity contribution in [1.82, 2.24) is 14.7 Å². The summed E-state index contributed by atoms with van der Waals surface area (Å²) in [4.78, 5) is 45.9. The topological polar surface area (TPSA) is 76.2 Å². The Kier molecular flexibility index (Phi) is 6.26. The number of anilines is 2. The molecule has 2 heterocycles. The summed E-state index contributed by atoms with van der Waals surface area (Å²) >= 11 is 0. The Morgan fingerprint density at radius 1 is 1.00 bits per heavy atom. The maximum Gasteiger partial charge on any atom is 0.321 e. The lowest BCUT2D eigenvalue weighted by atomic mass is 9.85. The van der Waals surface area contributed by atoms with Crippen LogP contribution in [-0.4, -0.2) is 78.5 Å². The zero-order valence-corrected chi connectivity index (χ0v) is 19.5. The molecule has 2 aromatic rings. The summed E-state index contributed by atoms with van der Waals surface area (Å²) in [6.45, 7) is 3.29. The number of para-hydroxylation sites is 2. The smallest absolute Gasteiger partial charge is 0.321 e. The van der Waals surface area contributed by atoms with Gasteiger partial charge in [-0.15, -0.1) is 0 Å². The molecule has 4 amide bonds. The highest BCUT2D eigenvalue weighted by atomic mass is 16.2. The van der Waals surface area contributed by atoms with Crippen LogP contribution in [0.15, 0.2) is 54.6 Å². The van der Waals surface area contributed by atoms with Gasteiger partial charge in [0.25, 0.3) is 5.91 Å². The van der Waals surface area contributed by atoms with Gasteiger partial charge in [-0.25, -0.2) is 4.79 Å². The Bertz CT molecular complexity index is 1030. The normalized spacial score (nSPS) is 17.4. The van der Waals surface area contributed by atoms with Gasteiger partial charge in [-0.05, 0) is 43.5 Å². The number of piperidine rings is 1. The van der Waals surface area contributed by atoms with Crippen LogP contribution < -0.4 is 10.2 Å². The zero-order valence-electron chi connectivity index (χ0n) is 19.5. The third-order valence-electron chi connectivity index (χ3n) is 6.67. The Balaban J connectivity index is 1.52. The summed E-state index contributed by atoms with van der Waals surface area (Å²) in [5, 5.41) is 2.99. The SMILES string of the molecule is Cc1ccccc1NC(=O)N1CCC2(CC1)C(=O)N(CC(=O)N(C)C)CN2c1ccccc1. The molecule has 0 aromatic heterocycles. The van der Waals surface area contributed by atoms with E-state index in [4.69, 9.17) is 0 Å². The predicted molar refractivity (Wildman–Crippen MR) is 128 cm³/mol. The van der Waals surface area contributed by atoms with Gasteiger partial charge < -0.3 is 24.9 Å². The standard InChI is InChI=1S/C25H31N5O3/c1-19-9-7-8-12-21(19)26-24(33)28-15-13-25(14-16-28)23(32)29(17-22(31)27(2)3)18-30(25)20-10-5-4-6-11-20/h4-12H,13-18H2,1-3H3,(H,26,33). The van der Waals surface area contributed by atoms with Gasteiger partial charge in [-0.3, -0.25) is 9.59 Å². The Labute approximate surface area is 194 Å². The number of likely N-dealkylation sites (tertiary alicyclic amines) is 1. The monoisotopic (exact) mass is 449 g/mol. The molecule has 2 aliphatic rings. The quantitative estimate of drug-likeness (QED) is 0.779. The molecule has 0 atom stereocenters. The predicted octanol–water partition coefficient (Wildman–Crippen LogP) is 2.76. The molecule has 0 aliphatic carbocycles. The molecule has 2 fully saturated rings. The summed E-state index contributed by atoms with van der Waals surface area (Å²) in [7, 11) is 3.39. The molecule has 0 radical (unpaired) electrons. The maximum atomic E-state index is 13.6. The van der Waals surface area contributed by atoms with E-state index in [-0.39, 0.29) is 24.4 Å². The molecule has 0 saturated carbocycles. The minimum atomic E-state index is -0.757. The first-order valence-corrected chi connectivity index (χ1v) is 11.3. The highest BCUT2D eigenvalue weighted by Crippen LogP contribution is 2.39. The minimum absolute atomic E-state index is 0.0412. The highest BCUT2D eigenvalue weighted by Gasteiger charge is 2.54. The minimum Gasteiger partial charge on any atom is -0.347 e. The molecule has 2 saturated heterocycles. The van der Waals surface area contributed by atoms with Gasteiger partial charge in [-0.2, -0.15) is 0 Å². The first-order chi connectivity index (χ1) is 15.8. The molecule has 2 aliphatic heterocycles. The second-order valence-corrected chi connectivity index (χ2v) is 8.96. The van der Waals surface area contributed by atoms with E-state index >= 15 is 0 Å². The molecule has 0 bridgehead atoms. The summed E-state index contributed by atoms with van der Waals surface area (Å²) in [5.41, 5.74) is 1.98. The molecular formula is C25H31N5O3. The number of hydrogen-bond donors (Lipinski definition) is 1. The number of nitrogens with one attached hydrogen (secondary N) is 1. The van der Waals surface area contributed by atoms with E-state index in [0.717, 1.165) is 16.9 Å². The lowest BCUT2D eigenvalue weighted by Crippen LogP contribution is -2.58. The fourth-order valence-electron chi connectivity index (χ4n) is 4.61. The van der Waals surface area contributed by atoms with E-state index in [1.165, 1.54) is 4.90 Å². The first-order valence-electron chi connectivity index (χ1n) is 11.3. The molecule has 8 nitrogen and oxygen atoms in total. The molecule has 4 rings (SSSR count). The number of nitrogens with zero attached hydrogens (tertiary/aromatic N) is 4. The van der Waals surface area contributed by atoms with Gasteiger partial charge in [0.15, 0.2) is 0 Å². The van der Waals surface area contributed by atoms with Crippen molar-refractivity contribution in [3.05, 3.63) is 60.2 Å². The van der Waals surface area contributed by atoms with Crippen LogP contribution in [0.2, 0.25) is 0 Å². The van der Waals surface area contributed by atoms with E-state index < -0.39 is 5.54 Å². The van der Waals surface area contributed by atoms with E-state index in [1.54, 1.807) is 23.9 Å². The molecule has 0 unspecified atom stereocenters. The number of aryl methyl sites for hydroxylation is 1. The Hall–Kier alpha value is -3.55. The molecule has 1 N–H and O–H groups in total. The average molecular weight is 450 g/mol. The maximum absolute atomic E-state index is 13.6. The third-order valence-corrected chi connectivity index (χ3v) is 6.67. The van der Waals surface area contributed by atoms with Crippen molar-refractivity contribution in [2.75, 3.05) is 50.6 Å². The van der Waals surface area contributed by atoms with Gasteiger partial charge in [0, 0.05) is 38.6 Å². The Morgan fingerprint density at radius 3 is 2.27 bits per heavy atom. The largest absolute Gasteiger partial charge is 0.347 e. The van der Waals surface area contributed by atoms with Crippen molar-refractivity contribution in [3.63, 3.8) is 0 Å². The number of likely N-dealkylation sites (N-methyl/N-ethyl adjacent to an activating group) is 1. The second-order valence-electron chi connectivity index (χ2n) is 8.96. The van der Waals surface area contributed by atoms with E-state index in [2.05, 4.69) is 10.2 Å². The van der Waals surface area contributed by atoms with Gasteiger partial charge in [0.05, 0.1) is 6.67 Å². The zero-order chi connectivity index (χ0) is 23.6. The fourth-order valence-corrected chi connectivity index (χ4v) is 4.61. The van der Waals surface area contributed by atoms with Crippen LogP contribution in [0, 0.1) is 6.92 Å². The van der Waals surface area contributed by atoms with E-state index in [1.807, 2.05) is 61.5 Å². The van der Waals surface area contributed by atoms with E-state index in [0.29, 0.717) is 32.6 Å². The lowest BCUT2D eigenvalue weighted by Gasteiger charge is -2.43. The number of hydrogen-bond acceptors (Lipinski definition) is 4. The van der Waals surface area contributed by atoms with Crippen LogP contribution in [0.25, 0.3) is 0 Å². The van der Waals surface area contributed by atoms with Crippen molar-refractivity contribution in [1.29, 1.82) is 0 Å². The summed E-state index contributed by atoms with van der Waals surface area (Å²) < 4.78 is 0. The molecule has 1 spiro atoms. The number of carbonyl (C=O) groups is 3. The van der Waals surface area contributed by atoms with Gasteiger partial charge in [0.2, 0.25) is 5.91 Å². The summed E-state index contributed by atoms with van der Waals surface area (Å²) in [5.74, 6) is -0.149. The van der Waals surface area contributed by atoms with E-state index in [9.17, 15) is 14.4 Å². The number of benzene rings is 2. The molecule has 33 heavy (non-hydrogen) atoms. The van der Waals surface area contributed by atoms with Gasteiger partial charge in [-0.1, -0.05) is 36.4 Å². The molecular weight excluding hydrogens is 418 g/mol.